The Morgan fingerprint density at radius 2 is 1.53 bits per heavy atom. The van der Waals surface area contributed by atoms with Gasteiger partial charge in [0.1, 0.15) is 5.75 Å². The number of anilines is 1. The normalized spacial score (nSPS) is 11.7. The van der Waals surface area contributed by atoms with E-state index in [0.717, 1.165) is 36.0 Å². The molecule has 226 valence electrons. The summed E-state index contributed by atoms with van der Waals surface area (Å²) in [5.74, 6) is -0.910. The quantitative estimate of drug-likeness (QED) is 0.157. The molecular weight excluding hydrogens is 624 g/mol. The maximum Gasteiger partial charge on any atom is 0.416 e. The number of aromatic nitrogens is 3. The Morgan fingerprint density at radius 1 is 0.907 bits per heavy atom. The molecule has 0 aliphatic rings. The third-order valence-corrected chi connectivity index (χ3v) is 7.07. The summed E-state index contributed by atoms with van der Waals surface area (Å²) in [5, 5.41) is 13.0. The monoisotopic (exact) mass is 643 g/mol. The summed E-state index contributed by atoms with van der Waals surface area (Å²) in [4.78, 5) is 25.3. The molecule has 4 rings (SSSR count). The summed E-state index contributed by atoms with van der Waals surface area (Å²) in [5.41, 5.74) is -1.65. The van der Waals surface area contributed by atoms with E-state index in [4.69, 9.17) is 16.3 Å². The molecular formula is C27H20ClF6N5O3S. The third kappa shape index (κ3) is 7.99. The number of methoxy groups -OCH3 is 1. The van der Waals surface area contributed by atoms with Crippen molar-refractivity contribution in [3.05, 3.63) is 94.3 Å². The fourth-order valence-electron chi connectivity index (χ4n) is 3.68. The SMILES string of the molecule is COc1ccc(C(=O)NCc2nnc(SCC(=O)Nc3cc(C(F)(F)F)ccc3Cl)n2-c2ccc(C(F)(F)F)cc2)cc1. The van der Waals surface area contributed by atoms with Crippen molar-refractivity contribution in [3.8, 4) is 11.4 Å². The predicted octanol–water partition coefficient (Wildman–Crippen LogP) is 6.63. The third-order valence-electron chi connectivity index (χ3n) is 5.81. The van der Waals surface area contributed by atoms with Gasteiger partial charge in [-0.15, -0.1) is 10.2 Å². The fraction of sp³-hybridized carbons (Fsp3) is 0.185. The van der Waals surface area contributed by atoms with E-state index in [1.807, 2.05) is 0 Å². The zero-order valence-corrected chi connectivity index (χ0v) is 23.5. The molecule has 0 bridgehead atoms. The summed E-state index contributed by atoms with van der Waals surface area (Å²) < 4.78 is 85.1. The first-order valence-electron chi connectivity index (χ1n) is 12.1. The van der Waals surface area contributed by atoms with Gasteiger partial charge in [0.25, 0.3) is 5.91 Å². The van der Waals surface area contributed by atoms with Crippen molar-refractivity contribution in [3.63, 3.8) is 0 Å². The van der Waals surface area contributed by atoms with Crippen molar-refractivity contribution < 1.29 is 40.7 Å². The summed E-state index contributed by atoms with van der Waals surface area (Å²) >= 11 is 6.76. The van der Waals surface area contributed by atoms with Gasteiger partial charge in [-0.25, -0.2) is 0 Å². The van der Waals surface area contributed by atoms with Crippen LogP contribution < -0.4 is 15.4 Å². The van der Waals surface area contributed by atoms with Crippen molar-refractivity contribution >= 4 is 40.9 Å². The summed E-state index contributed by atoms with van der Waals surface area (Å²) in [6.07, 6.45) is -9.24. The van der Waals surface area contributed by atoms with Gasteiger partial charge in [-0.1, -0.05) is 23.4 Å². The van der Waals surface area contributed by atoms with Gasteiger partial charge in [0.05, 0.1) is 41.2 Å². The van der Waals surface area contributed by atoms with Crippen LogP contribution in [-0.4, -0.2) is 39.4 Å². The average Bonchev–Trinajstić information content (AvgIpc) is 3.37. The number of carbonyl (C=O) groups is 2. The van der Waals surface area contributed by atoms with Gasteiger partial charge in [0.15, 0.2) is 11.0 Å². The molecule has 4 aromatic rings. The number of hydrogen-bond acceptors (Lipinski definition) is 6. The minimum absolute atomic E-state index is 0.0683. The predicted molar refractivity (Wildman–Crippen MR) is 146 cm³/mol. The molecule has 3 aromatic carbocycles. The zero-order valence-electron chi connectivity index (χ0n) is 21.9. The number of ether oxygens (including phenoxy) is 1. The standard InChI is InChI=1S/C27H20ClF6N5O3S/c1-42-19-9-2-15(3-10-19)24(41)35-13-22-37-38-25(39(22)18-7-4-16(5-8-18)26(29,30)31)43-14-23(40)36-21-12-17(27(32,33)34)6-11-20(21)28/h2-12H,13-14H2,1H3,(H,35,41)(H,36,40). The number of thioether (sulfide) groups is 1. The Hall–Kier alpha value is -4.24. The molecule has 0 atom stereocenters. The first-order chi connectivity index (χ1) is 20.3. The lowest BCUT2D eigenvalue weighted by atomic mass is 10.2. The van der Waals surface area contributed by atoms with Crippen LogP contribution in [-0.2, 0) is 23.7 Å². The van der Waals surface area contributed by atoms with E-state index in [2.05, 4.69) is 20.8 Å². The first kappa shape index (κ1) is 31.7. The first-order valence-corrected chi connectivity index (χ1v) is 13.5. The maximum atomic E-state index is 13.1. The number of alkyl halides is 6. The number of halogens is 7. The molecule has 0 saturated carbocycles. The van der Waals surface area contributed by atoms with Crippen molar-refractivity contribution in [2.45, 2.75) is 24.1 Å². The highest BCUT2D eigenvalue weighted by Gasteiger charge is 2.32. The van der Waals surface area contributed by atoms with Gasteiger partial charge in [-0.3, -0.25) is 14.2 Å². The lowest BCUT2D eigenvalue weighted by Crippen LogP contribution is -2.24. The Balaban J connectivity index is 1.54. The molecule has 2 N–H and O–H groups in total. The van der Waals surface area contributed by atoms with Gasteiger partial charge < -0.3 is 15.4 Å². The lowest BCUT2D eigenvalue weighted by molar-refractivity contribution is -0.138. The average molecular weight is 644 g/mol. The Labute approximate surface area is 249 Å². The lowest BCUT2D eigenvalue weighted by Gasteiger charge is -2.13. The van der Waals surface area contributed by atoms with Crippen molar-refractivity contribution in [2.24, 2.45) is 0 Å². The molecule has 1 heterocycles. The van der Waals surface area contributed by atoms with Crippen LogP contribution in [0.4, 0.5) is 32.0 Å². The van der Waals surface area contributed by atoms with Crippen molar-refractivity contribution in [2.75, 3.05) is 18.2 Å². The van der Waals surface area contributed by atoms with E-state index >= 15 is 0 Å². The molecule has 0 fully saturated rings. The number of rotatable bonds is 9. The van der Waals surface area contributed by atoms with Crippen LogP contribution >= 0.6 is 23.4 Å². The topological polar surface area (TPSA) is 98.1 Å². The molecule has 1 aromatic heterocycles. The molecule has 8 nitrogen and oxygen atoms in total. The van der Waals surface area contributed by atoms with Crippen LogP contribution in [0.2, 0.25) is 5.02 Å². The van der Waals surface area contributed by atoms with Crippen molar-refractivity contribution in [1.29, 1.82) is 0 Å². The molecule has 0 unspecified atom stereocenters. The number of nitrogens with zero attached hydrogens (tertiary/aromatic N) is 3. The number of nitrogens with one attached hydrogen (secondary N) is 2. The summed E-state index contributed by atoms with van der Waals surface area (Å²) in [6, 6.07) is 12.8. The largest absolute Gasteiger partial charge is 0.497 e. The van der Waals surface area contributed by atoms with Gasteiger partial charge in [0, 0.05) is 11.3 Å². The Kier molecular flexibility index (Phi) is 9.55. The highest BCUT2D eigenvalue weighted by molar-refractivity contribution is 7.99. The van der Waals surface area contributed by atoms with E-state index < -0.39 is 35.3 Å². The van der Waals surface area contributed by atoms with Crippen LogP contribution in [0, 0.1) is 0 Å². The maximum absolute atomic E-state index is 13.1. The van der Waals surface area contributed by atoms with E-state index in [1.165, 1.54) is 35.9 Å². The van der Waals surface area contributed by atoms with E-state index in [1.54, 1.807) is 12.1 Å². The minimum Gasteiger partial charge on any atom is -0.497 e. The Bertz CT molecular complexity index is 1610. The number of amides is 2. The Morgan fingerprint density at radius 3 is 2.14 bits per heavy atom. The second-order valence-corrected chi connectivity index (χ2v) is 10.1. The smallest absolute Gasteiger partial charge is 0.416 e. The second kappa shape index (κ2) is 13.0. The minimum atomic E-state index is -4.66. The van der Waals surface area contributed by atoms with Crippen molar-refractivity contribution in [1.82, 2.24) is 20.1 Å². The molecule has 0 saturated heterocycles. The zero-order chi connectivity index (χ0) is 31.4. The van der Waals surface area contributed by atoms with Gasteiger partial charge in [0.2, 0.25) is 5.91 Å². The molecule has 0 aliphatic carbocycles. The van der Waals surface area contributed by atoms with E-state index in [0.29, 0.717) is 17.4 Å². The van der Waals surface area contributed by atoms with Gasteiger partial charge >= 0.3 is 12.4 Å². The highest BCUT2D eigenvalue weighted by Crippen LogP contribution is 2.34. The van der Waals surface area contributed by atoms with E-state index in [-0.39, 0.29) is 39.7 Å². The van der Waals surface area contributed by atoms with Crippen LogP contribution in [0.5, 0.6) is 5.75 Å². The number of carbonyl (C=O) groups excluding carboxylic acids is 2. The van der Waals surface area contributed by atoms with Gasteiger partial charge in [-0.05, 0) is 66.7 Å². The molecule has 2 amide bonds. The molecule has 0 spiro atoms. The van der Waals surface area contributed by atoms with E-state index in [9.17, 15) is 35.9 Å². The summed E-state index contributed by atoms with van der Waals surface area (Å²) in [6.45, 7) is -0.189. The fourth-order valence-corrected chi connectivity index (χ4v) is 4.62. The molecule has 43 heavy (non-hydrogen) atoms. The second-order valence-electron chi connectivity index (χ2n) is 8.72. The highest BCUT2D eigenvalue weighted by atomic mass is 35.5. The molecule has 16 heteroatoms. The van der Waals surface area contributed by atoms with Crippen LogP contribution in [0.1, 0.15) is 27.3 Å². The number of hydrogen-bond donors (Lipinski definition) is 2. The molecule has 0 aliphatic heterocycles. The van der Waals surface area contributed by atoms with Crippen LogP contribution in [0.25, 0.3) is 5.69 Å². The molecule has 0 radical (unpaired) electrons. The number of benzene rings is 3. The van der Waals surface area contributed by atoms with Crippen LogP contribution in [0.3, 0.4) is 0 Å². The van der Waals surface area contributed by atoms with Gasteiger partial charge in [-0.2, -0.15) is 26.3 Å². The van der Waals surface area contributed by atoms with Crippen LogP contribution in [0.15, 0.2) is 71.9 Å². The summed E-state index contributed by atoms with van der Waals surface area (Å²) in [7, 11) is 1.48.